The monoisotopic (exact) mass is 248 g/mol. The molecule has 3 heteroatoms. The lowest BCUT2D eigenvalue weighted by Crippen LogP contribution is -2.26. The van der Waals surface area contributed by atoms with E-state index in [-0.39, 0.29) is 0 Å². The summed E-state index contributed by atoms with van der Waals surface area (Å²) in [6.07, 6.45) is 8.93. The standard InChI is InChI=1S/C15H24N2O/c1-3-6-17-15(9-14-5-4-7-18-14)13-8-12(2)10-16-11-13/h8,10-11,14-15,17H,3-7,9H2,1-2H3. The molecular formula is C15H24N2O. The smallest absolute Gasteiger partial charge is 0.0594 e. The van der Waals surface area contributed by atoms with E-state index < -0.39 is 0 Å². The Morgan fingerprint density at radius 2 is 2.39 bits per heavy atom. The fraction of sp³-hybridized carbons (Fsp3) is 0.667. The van der Waals surface area contributed by atoms with Gasteiger partial charge in [0.2, 0.25) is 0 Å². The first kappa shape index (κ1) is 13.5. The van der Waals surface area contributed by atoms with Crippen LogP contribution >= 0.6 is 0 Å². The van der Waals surface area contributed by atoms with Crippen LogP contribution in [0.15, 0.2) is 18.5 Å². The van der Waals surface area contributed by atoms with Gasteiger partial charge in [0, 0.05) is 25.0 Å². The summed E-state index contributed by atoms with van der Waals surface area (Å²) in [4.78, 5) is 4.31. The van der Waals surface area contributed by atoms with Crippen LogP contribution < -0.4 is 5.32 Å². The van der Waals surface area contributed by atoms with Crippen molar-refractivity contribution in [3.8, 4) is 0 Å². The molecule has 2 heterocycles. The number of nitrogens with zero attached hydrogens (tertiary/aromatic N) is 1. The van der Waals surface area contributed by atoms with Gasteiger partial charge in [0.25, 0.3) is 0 Å². The Balaban J connectivity index is 2.03. The number of pyridine rings is 1. The lowest BCUT2D eigenvalue weighted by atomic mass is 9.99. The van der Waals surface area contributed by atoms with E-state index in [1.807, 2.05) is 12.4 Å². The largest absolute Gasteiger partial charge is 0.378 e. The van der Waals surface area contributed by atoms with Gasteiger partial charge in [0.1, 0.15) is 0 Å². The number of hydrogen-bond donors (Lipinski definition) is 1. The molecule has 1 N–H and O–H groups in total. The molecule has 0 saturated carbocycles. The van der Waals surface area contributed by atoms with E-state index in [0.717, 1.165) is 26.0 Å². The van der Waals surface area contributed by atoms with E-state index in [2.05, 4.69) is 30.2 Å². The molecule has 1 fully saturated rings. The van der Waals surface area contributed by atoms with Crippen molar-refractivity contribution in [3.63, 3.8) is 0 Å². The molecule has 1 aliphatic rings. The summed E-state index contributed by atoms with van der Waals surface area (Å²) in [7, 11) is 0. The maximum Gasteiger partial charge on any atom is 0.0594 e. The summed E-state index contributed by atoms with van der Waals surface area (Å²) in [5.41, 5.74) is 2.52. The van der Waals surface area contributed by atoms with E-state index >= 15 is 0 Å². The summed E-state index contributed by atoms with van der Waals surface area (Å²) in [6.45, 7) is 6.27. The molecule has 1 aromatic rings. The lowest BCUT2D eigenvalue weighted by molar-refractivity contribution is 0.0945. The molecular weight excluding hydrogens is 224 g/mol. The van der Waals surface area contributed by atoms with Crippen LogP contribution in [0.25, 0.3) is 0 Å². The lowest BCUT2D eigenvalue weighted by Gasteiger charge is -2.22. The van der Waals surface area contributed by atoms with Crippen LogP contribution in [0.2, 0.25) is 0 Å². The Morgan fingerprint density at radius 1 is 1.50 bits per heavy atom. The van der Waals surface area contributed by atoms with Crippen molar-refractivity contribution in [2.45, 2.75) is 51.7 Å². The molecule has 0 radical (unpaired) electrons. The van der Waals surface area contributed by atoms with Gasteiger partial charge >= 0.3 is 0 Å². The predicted octanol–water partition coefficient (Wildman–Crippen LogP) is 3.00. The van der Waals surface area contributed by atoms with Crippen LogP contribution in [0.5, 0.6) is 0 Å². The first-order valence-electron chi connectivity index (χ1n) is 7.06. The van der Waals surface area contributed by atoms with Crippen LogP contribution in [-0.2, 0) is 4.74 Å². The number of hydrogen-bond acceptors (Lipinski definition) is 3. The molecule has 2 atom stereocenters. The molecule has 2 rings (SSSR count). The first-order valence-corrected chi connectivity index (χ1v) is 7.06. The highest BCUT2D eigenvalue weighted by Gasteiger charge is 2.21. The first-order chi connectivity index (χ1) is 8.79. The number of nitrogens with one attached hydrogen (secondary N) is 1. The van der Waals surface area contributed by atoms with Gasteiger partial charge in [0.15, 0.2) is 0 Å². The summed E-state index contributed by atoms with van der Waals surface area (Å²) >= 11 is 0. The van der Waals surface area contributed by atoms with Crippen molar-refractivity contribution in [2.75, 3.05) is 13.2 Å². The Labute approximate surface area is 110 Å². The molecule has 1 aliphatic heterocycles. The van der Waals surface area contributed by atoms with Gasteiger partial charge in [0.05, 0.1) is 6.10 Å². The second-order valence-electron chi connectivity index (χ2n) is 5.17. The Bertz CT molecular complexity index is 361. The second-order valence-corrected chi connectivity index (χ2v) is 5.17. The Kier molecular flexibility index (Phi) is 5.14. The molecule has 1 saturated heterocycles. The molecule has 0 amide bonds. The zero-order chi connectivity index (χ0) is 12.8. The average Bonchev–Trinajstić information content (AvgIpc) is 2.87. The van der Waals surface area contributed by atoms with E-state index in [4.69, 9.17) is 4.74 Å². The Morgan fingerprint density at radius 3 is 3.06 bits per heavy atom. The van der Waals surface area contributed by atoms with Gasteiger partial charge in [-0.1, -0.05) is 13.0 Å². The maximum atomic E-state index is 5.75. The van der Waals surface area contributed by atoms with Crippen LogP contribution in [-0.4, -0.2) is 24.2 Å². The Hall–Kier alpha value is -0.930. The fourth-order valence-electron chi connectivity index (χ4n) is 2.52. The summed E-state index contributed by atoms with van der Waals surface area (Å²) in [5, 5.41) is 3.62. The molecule has 3 nitrogen and oxygen atoms in total. The molecule has 0 bridgehead atoms. The van der Waals surface area contributed by atoms with E-state index in [1.54, 1.807) is 0 Å². The third kappa shape index (κ3) is 3.79. The normalized spacial score (nSPS) is 21.1. The van der Waals surface area contributed by atoms with Crippen LogP contribution in [0.4, 0.5) is 0 Å². The molecule has 2 unspecified atom stereocenters. The maximum absolute atomic E-state index is 5.75. The minimum atomic E-state index is 0.375. The predicted molar refractivity (Wildman–Crippen MR) is 73.6 cm³/mol. The molecule has 0 spiro atoms. The third-order valence-electron chi connectivity index (χ3n) is 3.46. The van der Waals surface area contributed by atoms with Gasteiger partial charge in [-0.2, -0.15) is 0 Å². The quantitative estimate of drug-likeness (QED) is 0.840. The average molecular weight is 248 g/mol. The van der Waals surface area contributed by atoms with Gasteiger partial charge < -0.3 is 10.1 Å². The fourth-order valence-corrected chi connectivity index (χ4v) is 2.52. The van der Waals surface area contributed by atoms with Gasteiger partial charge in [-0.25, -0.2) is 0 Å². The number of aryl methyl sites for hydroxylation is 1. The molecule has 100 valence electrons. The van der Waals surface area contributed by atoms with Crippen molar-refractivity contribution in [2.24, 2.45) is 0 Å². The third-order valence-corrected chi connectivity index (χ3v) is 3.46. The highest BCUT2D eigenvalue weighted by Crippen LogP contribution is 2.25. The molecule has 0 aromatic carbocycles. The zero-order valence-electron chi connectivity index (χ0n) is 11.5. The van der Waals surface area contributed by atoms with Crippen molar-refractivity contribution in [3.05, 3.63) is 29.6 Å². The topological polar surface area (TPSA) is 34.1 Å². The molecule has 18 heavy (non-hydrogen) atoms. The van der Waals surface area contributed by atoms with E-state index in [0.29, 0.717) is 12.1 Å². The number of aromatic nitrogens is 1. The minimum Gasteiger partial charge on any atom is -0.378 e. The van der Waals surface area contributed by atoms with Crippen LogP contribution in [0.1, 0.15) is 49.8 Å². The van der Waals surface area contributed by atoms with Crippen molar-refractivity contribution in [1.82, 2.24) is 10.3 Å². The zero-order valence-corrected chi connectivity index (χ0v) is 11.5. The number of rotatable bonds is 6. The van der Waals surface area contributed by atoms with Crippen molar-refractivity contribution in [1.29, 1.82) is 0 Å². The van der Waals surface area contributed by atoms with Gasteiger partial charge in [-0.05, 0) is 50.3 Å². The van der Waals surface area contributed by atoms with Crippen LogP contribution in [0, 0.1) is 6.92 Å². The van der Waals surface area contributed by atoms with Gasteiger partial charge in [-0.3, -0.25) is 4.98 Å². The number of ether oxygens (including phenoxy) is 1. The highest BCUT2D eigenvalue weighted by atomic mass is 16.5. The summed E-state index contributed by atoms with van der Waals surface area (Å²) in [5.74, 6) is 0. The molecule has 0 aliphatic carbocycles. The highest BCUT2D eigenvalue weighted by molar-refractivity contribution is 5.20. The molecule has 1 aromatic heterocycles. The SMILES string of the molecule is CCCNC(CC1CCCO1)c1cncc(C)c1. The summed E-state index contributed by atoms with van der Waals surface area (Å²) in [6, 6.07) is 2.61. The van der Waals surface area contributed by atoms with E-state index in [1.165, 1.54) is 24.0 Å². The van der Waals surface area contributed by atoms with E-state index in [9.17, 15) is 0 Å². The van der Waals surface area contributed by atoms with Crippen LogP contribution in [0.3, 0.4) is 0 Å². The second kappa shape index (κ2) is 6.86. The van der Waals surface area contributed by atoms with Crippen molar-refractivity contribution >= 4 is 0 Å². The van der Waals surface area contributed by atoms with Crippen molar-refractivity contribution < 1.29 is 4.74 Å². The summed E-state index contributed by atoms with van der Waals surface area (Å²) < 4.78 is 5.75. The minimum absolute atomic E-state index is 0.375. The van der Waals surface area contributed by atoms with Gasteiger partial charge in [-0.15, -0.1) is 0 Å².